The molecule has 9 nitrogen and oxygen atoms in total. The number of esters is 1. The molecular formula is C25H17ClN4O5. The number of fused-ring (bicyclic) bond motifs is 1. The van der Waals surface area contributed by atoms with Crippen LogP contribution >= 0.6 is 11.6 Å². The number of aromatic nitrogens is 4. The fourth-order valence-corrected chi connectivity index (χ4v) is 3.68. The highest BCUT2D eigenvalue weighted by atomic mass is 35.5. The zero-order valence-corrected chi connectivity index (χ0v) is 19.1. The van der Waals surface area contributed by atoms with Gasteiger partial charge in [0.15, 0.2) is 11.5 Å². The summed E-state index contributed by atoms with van der Waals surface area (Å²) in [6, 6.07) is 17.1. The molecule has 174 valence electrons. The maximum absolute atomic E-state index is 13.3. The molecule has 0 N–H and O–H groups in total. The first-order chi connectivity index (χ1) is 17.0. The lowest BCUT2D eigenvalue weighted by Gasteiger charge is -2.11. The van der Waals surface area contributed by atoms with Crippen LogP contribution in [0.5, 0.6) is 0 Å². The molecule has 10 heteroatoms. The van der Waals surface area contributed by atoms with Crippen molar-refractivity contribution in [3.63, 3.8) is 0 Å². The minimum atomic E-state index is -0.731. The summed E-state index contributed by atoms with van der Waals surface area (Å²) in [5.41, 5.74) is 1.71. The molecule has 5 aromatic rings. The summed E-state index contributed by atoms with van der Waals surface area (Å²) in [4.78, 5) is 25.4. The topological polar surface area (TPSA) is 113 Å². The molecule has 5 rings (SSSR count). The van der Waals surface area contributed by atoms with Gasteiger partial charge in [0.25, 0.3) is 0 Å². The summed E-state index contributed by atoms with van der Waals surface area (Å²) in [5, 5.41) is 12.9. The highest BCUT2D eigenvalue weighted by Gasteiger charge is 2.22. The van der Waals surface area contributed by atoms with Gasteiger partial charge >= 0.3 is 11.6 Å². The summed E-state index contributed by atoms with van der Waals surface area (Å²) in [6.07, 6.45) is 2.95. The Balaban J connectivity index is 1.51. The van der Waals surface area contributed by atoms with Gasteiger partial charge in [0, 0.05) is 33.7 Å². The average Bonchev–Trinajstić information content (AvgIpc) is 3.55. The van der Waals surface area contributed by atoms with Crippen LogP contribution in [0.3, 0.4) is 0 Å². The van der Waals surface area contributed by atoms with Gasteiger partial charge in [-0.25, -0.2) is 9.59 Å². The third kappa shape index (κ3) is 4.62. The lowest BCUT2D eigenvalue weighted by atomic mass is 10.1. The van der Waals surface area contributed by atoms with Crippen LogP contribution < -0.4 is 5.63 Å². The smallest absolute Gasteiger partial charge is 0.357 e. The molecule has 3 heterocycles. The van der Waals surface area contributed by atoms with E-state index < -0.39 is 11.6 Å². The zero-order chi connectivity index (χ0) is 24.4. The molecule has 0 saturated carbocycles. The lowest BCUT2D eigenvalue weighted by molar-refractivity contribution is -0.138. The fourth-order valence-electron chi connectivity index (χ4n) is 3.52. The van der Waals surface area contributed by atoms with Gasteiger partial charge in [-0.05, 0) is 47.2 Å². The Bertz CT molecular complexity index is 1600. The zero-order valence-electron chi connectivity index (χ0n) is 18.3. The summed E-state index contributed by atoms with van der Waals surface area (Å²) < 4.78 is 17.5. The third-order valence-electron chi connectivity index (χ3n) is 5.23. The fraction of sp³-hybridized carbons (Fsp3) is 0.0800. The summed E-state index contributed by atoms with van der Waals surface area (Å²) >= 11 is 6.26. The molecule has 0 saturated heterocycles. The highest BCUT2D eigenvalue weighted by molar-refractivity contribution is 6.32. The molecular weight excluding hydrogens is 472 g/mol. The van der Waals surface area contributed by atoms with Crippen molar-refractivity contribution in [2.75, 3.05) is 0 Å². The number of furan rings is 1. The minimum Gasteiger partial charge on any atom is -0.465 e. The predicted octanol–water partition coefficient (Wildman–Crippen LogP) is 4.74. The van der Waals surface area contributed by atoms with Gasteiger partial charge in [0.05, 0.1) is 6.26 Å². The number of hydrogen-bond acceptors (Lipinski definition) is 8. The molecule has 35 heavy (non-hydrogen) atoms. The molecule has 0 aliphatic heterocycles. The van der Waals surface area contributed by atoms with Crippen LogP contribution in [-0.2, 0) is 16.1 Å². The predicted molar refractivity (Wildman–Crippen MR) is 128 cm³/mol. The standard InChI is InChI=1S/C25H17ClN4O5/c1-15-10-22-19(13-20(15)26)17(11-23(31)35-22)14-34-25(32)21(12-18-8-5-9-33-18)30-24(27-28-29-30)16-6-3-2-4-7-16/h2-13H,14H2,1H3/b21-12-. The van der Waals surface area contributed by atoms with Crippen LogP contribution in [0.1, 0.15) is 16.9 Å². The molecule has 0 unspecified atom stereocenters. The van der Waals surface area contributed by atoms with Gasteiger partial charge in [-0.15, -0.1) is 5.10 Å². The number of nitrogens with zero attached hydrogens (tertiary/aromatic N) is 4. The van der Waals surface area contributed by atoms with Gasteiger partial charge in [-0.3, -0.25) is 0 Å². The number of carbonyl (C=O) groups excluding carboxylic acids is 1. The van der Waals surface area contributed by atoms with Gasteiger partial charge in [-0.2, -0.15) is 4.68 Å². The van der Waals surface area contributed by atoms with E-state index in [9.17, 15) is 9.59 Å². The second-order valence-corrected chi connectivity index (χ2v) is 8.00. The maximum atomic E-state index is 13.3. The number of benzene rings is 2. The average molecular weight is 489 g/mol. The quantitative estimate of drug-likeness (QED) is 0.191. The first-order valence-electron chi connectivity index (χ1n) is 10.5. The molecule has 2 aromatic carbocycles. The van der Waals surface area contributed by atoms with E-state index in [0.717, 1.165) is 5.56 Å². The number of halogens is 1. The van der Waals surface area contributed by atoms with Crippen molar-refractivity contribution < 1.29 is 18.4 Å². The number of carbonyl (C=O) groups is 1. The van der Waals surface area contributed by atoms with Crippen molar-refractivity contribution in [2.24, 2.45) is 0 Å². The SMILES string of the molecule is Cc1cc2oc(=O)cc(COC(=O)/C(=C/c3ccco3)n3nnnc3-c3ccccc3)c2cc1Cl. The van der Waals surface area contributed by atoms with Gasteiger partial charge in [0.1, 0.15) is 18.0 Å². The minimum absolute atomic E-state index is 0.0185. The number of ether oxygens (including phenoxy) is 1. The molecule has 3 aromatic heterocycles. The molecule has 0 amide bonds. The first kappa shape index (κ1) is 22.3. The Morgan fingerprint density at radius 1 is 1.14 bits per heavy atom. The van der Waals surface area contributed by atoms with Crippen molar-refractivity contribution >= 4 is 40.3 Å². The van der Waals surface area contributed by atoms with E-state index in [1.165, 1.54) is 23.1 Å². The van der Waals surface area contributed by atoms with E-state index in [0.29, 0.717) is 38.7 Å². The van der Waals surface area contributed by atoms with E-state index in [2.05, 4.69) is 15.5 Å². The summed E-state index contributed by atoms with van der Waals surface area (Å²) in [5.74, 6) is 0.0124. The Morgan fingerprint density at radius 3 is 2.74 bits per heavy atom. The molecule has 0 aliphatic carbocycles. The first-order valence-corrected chi connectivity index (χ1v) is 10.9. The Kier molecular flexibility index (Phi) is 5.99. The number of rotatable bonds is 6. The van der Waals surface area contributed by atoms with Crippen LogP contribution in [-0.4, -0.2) is 26.2 Å². The number of aryl methyl sites for hydroxylation is 1. The molecule has 0 radical (unpaired) electrons. The lowest BCUT2D eigenvalue weighted by Crippen LogP contribution is -2.15. The van der Waals surface area contributed by atoms with Crippen molar-refractivity contribution in [3.05, 3.63) is 99.3 Å². The van der Waals surface area contributed by atoms with Crippen LogP contribution in [0.2, 0.25) is 5.02 Å². The summed E-state index contributed by atoms with van der Waals surface area (Å²) in [6.45, 7) is 1.59. The van der Waals surface area contributed by atoms with E-state index in [1.54, 1.807) is 31.2 Å². The van der Waals surface area contributed by atoms with E-state index in [4.69, 9.17) is 25.2 Å². The van der Waals surface area contributed by atoms with Crippen molar-refractivity contribution in [3.8, 4) is 11.4 Å². The summed E-state index contributed by atoms with van der Waals surface area (Å²) in [7, 11) is 0. The number of hydrogen-bond donors (Lipinski definition) is 0. The van der Waals surface area contributed by atoms with Crippen LogP contribution in [0.25, 0.3) is 34.1 Å². The second-order valence-electron chi connectivity index (χ2n) is 7.59. The highest BCUT2D eigenvalue weighted by Crippen LogP contribution is 2.26. The molecule has 0 aliphatic rings. The monoisotopic (exact) mass is 488 g/mol. The van der Waals surface area contributed by atoms with Gasteiger partial charge < -0.3 is 13.6 Å². The largest absolute Gasteiger partial charge is 0.465 e. The molecule has 0 spiro atoms. The second kappa shape index (κ2) is 9.40. The van der Waals surface area contributed by atoms with Crippen molar-refractivity contribution in [1.82, 2.24) is 20.2 Å². The maximum Gasteiger partial charge on any atom is 0.357 e. The van der Waals surface area contributed by atoms with Gasteiger partial charge in [-0.1, -0.05) is 41.9 Å². The van der Waals surface area contributed by atoms with Crippen LogP contribution in [0, 0.1) is 6.92 Å². The molecule has 0 bridgehead atoms. The van der Waals surface area contributed by atoms with E-state index in [1.807, 2.05) is 30.3 Å². The molecule has 0 fully saturated rings. The van der Waals surface area contributed by atoms with Gasteiger partial charge in [0.2, 0.25) is 0 Å². The Labute approximate surface area is 203 Å². The van der Waals surface area contributed by atoms with Crippen LogP contribution in [0.4, 0.5) is 0 Å². The Morgan fingerprint density at radius 2 is 1.97 bits per heavy atom. The van der Waals surface area contributed by atoms with Crippen LogP contribution in [0.15, 0.2) is 80.6 Å². The Hall–Kier alpha value is -4.50. The normalized spacial score (nSPS) is 11.7. The van der Waals surface area contributed by atoms with E-state index in [-0.39, 0.29) is 12.3 Å². The van der Waals surface area contributed by atoms with Crippen molar-refractivity contribution in [1.29, 1.82) is 0 Å². The van der Waals surface area contributed by atoms with Crippen molar-refractivity contribution in [2.45, 2.75) is 13.5 Å². The molecule has 0 atom stereocenters. The third-order valence-corrected chi connectivity index (χ3v) is 5.64. The number of tetrazole rings is 1. The van der Waals surface area contributed by atoms with E-state index >= 15 is 0 Å².